The molecule has 88 valence electrons. The second-order valence-corrected chi connectivity index (χ2v) is 4.45. The zero-order chi connectivity index (χ0) is 11.1. The van der Waals surface area contributed by atoms with Crippen molar-refractivity contribution in [1.29, 1.82) is 0 Å². The lowest BCUT2D eigenvalue weighted by Crippen LogP contribution is -2.31. The summed E-state index contributed by atoms with van der Waals surface area (Å²) in [6, 6.07) is 0. The molecule has 1 rings (SSSR count). The maximum atomic E-state index is 11.4. The van der Waals surface area contributed by atoms with Crippen LogP contribution < -0.4 is 5.32 Å². The molecule has 2 unspecified atom stereocenters. The number of alkyl halides is 1. The fraction of sp³-hybridized carbons (Fsp3) is 0.909. The number of carbonyl (C=O) groups is 1. The third-order valence-electron chi connectivity index (χ3n) is 2.88. The highest BCUT2D eigenvalue weighted by Crippen LogP contribution is 2.19. The molecule has 0 bridgehead atoms. The molecule has 0 aromatic rings. The second-order valence-electron chi connectivity index (χ2n) is 4.07. The number of halogens is 1. The Labute approximate surface area is 96.5 Å². The summed E-state index contributed by atoms with van der Waals surface area (Å²) < 4.78 is 5.43. The number of unbranched alkanes of at least 4 members (excludes halogenated alkanes) is 1. The Bertz CT molecular complexity index is 199. The Kier molecular flexibility index (Phi) is 6.03. The molecule has 1 aliphatic rings. The number of nitrogens with one attached hydrogen (secondary N) is 1. The summed E-state index contributed by atoms with van der Waals surface area (Å²) in [4.78, 5) is 11.4. The van der Waals surface area contributed by atoms with E-state index >= 15 is 0 Å². The van der Waals surface area contributed by atoms with Gasteiger partial charge in [0.15, 0.2) is 0 Å². The lowest BCUT2D eigenvalue weighted by molar-refractivity contribution is -0.121. The second kappa shape index (κ2) is 7.07. The van der Waals surface area contributed by atoms with Crippen molar-refractivity contribution in [2.24, 2.45) is 5.92 Å². The lowest BCUT2D eigenvalue weighted by atomic mass is 10.0. The summed E-state index contributed by atoms with van der Waals surface area (Å²) in [6.45, 7) is 3.64. The van der Waals surface area contributed by atoms with Crippen LogP contribution in [0.2, 0.25) is 0 Å². The van der Waals surface area contributed by atoms with E-state index in [1.54, 1.807) is 0 Å². The van der Waals surface area contributed by atoms with Crippen LogP contribution in [0, 0.1) is 5.92 Å². The van der Waals surface area contributed by atoms with Crippen LogP contribution in [0.25, 0.3) is 0 Å². The van der Waals surface area contributed by atoms with Crippen molar-refractivity contribution in [3.8, 4) is 0 Å². The van der Waals surface area contributed by atoms with E-state index in [9.17, 15) is 4.79 Å². The van der Waals surface area contributed by atoms with E-state index in [4.69, 9.17) is 16.3 Å². The van der Waals surface area contributed by atoms with Crippen molar-refractivity contribution in [2.45, 2.75) is 38.7 Å². The highest BCUT2D eigenvalue weighted by molar-refractivity contribution is 6.17. The van der Waals surface area contributed by atoms with Crippen molar-refractivity contribution in [3.63, 3.8) is 0 Å². The predicted octanol–water partition coefficient (Wildman–Crippen LogP) is 1.94. The molecule has 0 aromatic carbocycles. The molecule has 2 atom stereocenters. The molecule has 3 nitrogen and oxygen atoms in total. The van der Waals surface area contributed by atoms with Gasteiger partial charge in [0.25, 0.3) is 0 Å². The van der Waals surface area contributed by atoms with Crippen LogP contribution >= 0.6 is 11.6 Å². The largest absolute Gasteiger partial charge is 0.378 e. The van der Waals surface area contributed by atoms with Crippen molar-refractivity contribution in [1.82, 2.24) is 5.32 Å². The molecule has 1 fully saturated rings. The zero-order valence-corrected chi connectivity index (χ0v) is 10.1. The molecule has 1 amide bonds. The fourth-order valence-corrected chi connectivity index (χ4v) is 1.95. The molecule has 15 heavy (non-hydrogen) atoms. The van der Waals surface area contributed by atoms with Crippen molar-refractivity contribution < 1.29 is 9.53 Å². The van der Waals surface area contributed by atoms with Gasteiger partial charge in [-0.25, -0.2) is 0 Å². The van der Waals surface area contributed by atoms with Gasteiger partial charge in [-0.1, -0.05) is 0 Å². The van der Waals surface area contributed by atoms with Gasteiger partial charge in [0.2, 0.25) is 5.91 Å². The fourth-order valence-electron chi connectivity index (χ4n) is 1.76. The van der Waals surface area contributed by atoms with Crippen LogP contribution in [-0.2, 0) is 9.53 Å². The van der Waals surface area contributed by atoms with Gasteiger partial charge < -0.3 is 10.1 Å². The molecule has 0 aliphatic carbocycles. The lowest BCUT2D eigenvalue weighted by Gasteiger charge is -2.14. The molecule has 4 heteroatoms. The third-order valence-corrected chi connectivity index (χ3v) is 3.15. The molecule has 0 spiro atoms. The van der Waals surface area contributed by atoms with E-state index < -0.39 is 0 Å². The van der Waals surface area contributed by atoms with Crippen LogP contribution in [0.3, 0.4) is 0 Å². The van der Waals surface area contributed by atoms with Gasteiger partial charge in [-0.15, -0.1) is 11.6 Å². The maximum Gasteiger partial charge on any atom is 0.220 e. The van der Waals surface area contributed by atoms with E-state index in [-0.39, 0.29) is 12.0 Å². The van der Waals surface area contributed by atoms with E-state index in [1.807, 2.05) is 0 Å². The van der Waals surface area contributed by atoms with Gasteiger partial charge in [0.1, 0.15) is 0 Å². The zero-order valence-electron chi connectivity index (χ0n) is 9.30. The molecule has 0 radical (unpaired) electrons. The van der Waals surface area contributed by atoms with E-state index in [2.05, 4.69) is 12.2 Å². The minimum Gasteiger partial charge on any atom is -0.378 e. The highest BCUT2D eigenvalue weighted by atomic mass is 35.5. The monoisotopic (exact) mass is 233 g/mol. The van der Waals surface area contributed by atoms with E-state index in [0.717, 1.165) is 32.4 Å². The Hall–Kier alpha value is -0.280. The molecular formula is C11H20ClNO2. The first-order valence-corrected chi connectivity index (χ1v) is 6.21. The van der Waals surface area contributed by atoms with E-state index in [1.165, 1.54) is 0 Å². The normalized spacial score (nSPS) is 25.5. The van der Waals surface area contributed by atoms with Crippen molar-refractivity contribution in [2.75, 3.05) is 19.0 Å². The molecule has 0 aromatic heterocycles. The SMILES string of the molecule is CC1OCCC1CNC(=O)CCCCCl. The molecular weight excluding hydrogens is 214 g/mol. The first kappa shape index (κ1) is 12.8. The summed E-state index contributed by atoms with van der Waals surface area (Å²) in [5.74, 6) is 1.27. The number of ether oxygens (including phenoxy) is 1. The summed E-state index contributed by atoms with van der Waals surface area (Å²) in [6.07, 6.45) is 3.73. The number of rotatable bonds is 6. The van der Waals surface area contributed by atoms with Crippen LogP contribution in [-0.4, -0.2) is 31.0 Å². The average Bonchev–Trinajstić information content (AvgIpc) is 2.61. The standard InChI is InChI=1S/C11H20ClNO2/c1-9-10(5-7-15-9)8-13-11(14)4-2-3-6-12/h9-10H,2-8H2,1H3,(H,13,14). The topological polar surface area (TPSA) is 38.3 Å². The van der Waals surface area contributed by atoms with Gasteiger partial charge in [-0.3, -0.25) is 4.79 Å². The van der Waals surface area contributed by atoms with E-state index in [0.29, 0.717) is 18.2 Å². The quantitative estimate of drug-likeness (QED) is 0.563. The molecule has 0 saturated carbocycles. The summed E-state index contributed by atoms with van der Waals surface area (Å²) in [5.41, 5.74) is 0. The Balaban J connectivity index is 2.05. The van der Waals surface area contributed by atoms with Gasteiger partial charge in [0, 0.05) is 31.4 Å². The first-order valence-electron chi connectivity index (χ1n) is 5.68. The Morgan fingerprint density at radius 2 is 2.33 bits per heavy atom. The van der Waals surface area contributed by atoms with Crippen LogP contribution in [0.15, 0.2) is 0 Å². The van der Waals surface area contributed by atoms with Crippen LogP contribution in [0.4, 0.5) is 0 Å². The Morgan fingerprint density at radius 1 is 1.53 bits per heavy atom. The van der Waals surface area contributed by atoms with Gasteiger partial charge >= 0.3 is 0 Å². The molecule has 1 heterocycles. The number of hydrogen-bond acceptors (Lipinski definition) is 2. The van der Waals surface area contributed by atoms with Gasteiger partial charge in [0.05, 0.1) is 6.10 Å². The smallest absolute Gasteiger partial charge is 0.220 e. The summed E-state index contributed by atoms with van der Waals surface area (Å²) in [5, 5.41) is 2.95. The van der Waals surface area contributed by atoms with Gasteiger partial charge in [-0.2, -0.15) is 0 Å². The van der Waals surface area contributed by atoms with Crippen LogP contribution in [0.5, 0.6) is 0 Å². The van der Waals surface area contributed by atoms with Crippen molar-refractivity contribution >= 4 is 17.5 Å². The summed E-state index contributed by atoms with van der Waals surface area (Å²) in [7, 11) is 0. The third kappa shape index (κ3) is 4.85. The molecule has 1 N–H and O–H groups in total. The number of carbonyl (C=O) groups excluding carboxylic acids is 1. The maximum absolute atomic E-state index is 11.4. The highest BCUT2D eigenvalue weighted by Gasteiger charge is 2.24. The molecule has 1 saturated heterocycles. The molecule has 1 aliphatic heterocycles. The minimum absolute atomic E-state index is 0.138. The summed E-state index contributed by atoms with van der Waals surface area (Å²) >= 11 is 5.54. The number of hydrogen-bond donors (Lipinski definition) is 1. The predicted molar refractivity (Wildman–Crippen MR) is 61.1 cm³/mol. The average molecular weight is 234 g/mol. The Morgan fingerprint density at radius 3 is 2.93 bits per heavy atom. The minimum atomic E-state index is 0.138. The first-order chi connectivity index (χ1) is 7.24. The van der Waals surface area contributed by atoms with Gasteiger partial charge in [-0.05, 0) is 26.2 Å². The number of amides is 1. The van der Waals surface area contributed by atoms with Crippen LogP contribution in [0.1, 0.15) is 32.6 Å². The van der Waals surface area contributed by atoms with Crippen molar-refractivity contribution in [3.05, 3.63) is 0 Å².